The minimum absolute atomic E-state index is 0.177. The van der Waals surface area contributed by atoms with E-state index >= 15 is 0 Å². The van der Waals surface area contributed by atoms with Crippen LogP contribution in [-0.2, 0) is 0 Å². The third-order valence-electron chi connectivity index (χ3n) is 3.01. The number of imidazole rings is 1. The smallest absolute Gasteiger partial charge is 0.180 e. The molecule has 0 spiro atoms. The van der Waals surface area contributed by atoms with Gasteiger partial charge in [-0.1, -0.05) is 37.6 Å². The van der Waals surface area contributed by atoms with Crippen LogP contribution in [0.3, 0.4) is 0 Å². The predicted molar refractivity (Wildman–Crippen MR) is 86.9 cm³/mol. The SMILES string of the molecule is CC.CC(=O)c1nc2ccc(Cl)cn2c1-c1cccc(F)c1. The maximum Gasteiger partial charge on any atom is 0.180 e. The number of halogens is 2. The number of ketones is 1. The van der Waals surface area contributed by atoms with Gasteiger partial charge >= 0.3 is 0 Å². The van der Waals surface area contributed by atoms with Crippen LogP contribution in [0.2, 0.25) is 5.02 Å². The van der Waals surface area contributed by atoms with Crippen LogP contribution in [0.15, 0.2) is 42.6 Å². The van der Waals surface area contributed by atoms with Crippen LogP contribution in [0.4, 0.5) is 4.39 Å². The molecule has 0 aliphatic carbocycles. The monoisotopic (exact) mass is 318 g/mol. The van der Waals surface area contributed by atoms with Crippen molar-refractivity contribution in [3.8, 4) is 11.3 Å². The van der Waals surface area contributed by atoms with Crippen molar-refractivity contribution in [2.24, 2.45) is 0 Å². The lowest BCUT2D eigenvalue weighted by Crippen LogP contribution is -1.97. The van der Waals surface area contributed by atoms with Gasteiger partial charge < -0.3 is 0 Å². The first kappa shape index (κ1) is 16.2. The van der Waals surface area contributed by atoms with Gasteiger partial charge in [0.05, 0.1) is 10.7 Å². The van der Waals surface area contributed by atoms with Gasteiger partial charge in [0.2, 0.25) is 0 Å². The van der Waals surface area contributed by atoms with Gasteiger partial charge in [0.25, 0.3) is 0 Å². The van der Waals surface area contributed by atoms with Crippen molar-refractivity contribution in [3.63, 3.8) is 0 Å². The summed E-state index contributed by atoms with van der Waals surface area (Å²) in [5, 5.41) is 0.516. The number of nitrogens with zero attached hydrogens (tertiary/aromatic N) is 2. The van der Waals surface area contributed by atoms with Gasteiger partial charge in [-0.2, -0.15) is 0 Å². The fourth-order valence-corrected chi connectivity index (χ4v) is 2.34. The first-order valence-electron chi connectivity index (χ1n) is 7.01. The number of aromatic nitrogens is 2. The van der Waals surface area contributed by atoms with E-state index in [1.807, 2.05) is 13.8 Å². The topological polar surface area (TPSA) is 34.4 Å². The minimum Gasteiger partial charge on any atom is -0.297 e. The summed E-state index contributed by atoms with van der Waals surface area (Å²) in [5.74, 6) is -0.543. The van der Waals surface area contributed by atoms with Crippen LogP contribution in [0.5, 0.6) is 0 Å². The van der Waals surface area contributed by atoms with Gasteiger partial charge in [0.15, 0.2) is 5.78 Å². The normalized spacial score (nSPS) is 10.2. The van der Waals surface area contributed by atoms with E-state index in [9.17, 15) is 9.18 Å². The zero-order valence-electron chi connectivity index (χ0n) is 12.6. The van der Waals surface area contributed by atoms with Crippen LogP contribution < -0.4 is 0 Å². The summed E-state index contributed by atoms with van der Waals surface area (Å²) in [7, 11) is 0. The Kier molecular flexibility index (Phi) is 4.93. The van der Waals surface area contributed by atoms with E-state index in [1.165, 1.54) is 19.1 Å². The van der Waals surface area contributed by atoms with Gasteiger partial charge in [-0.05, 0) is 24.3 Å². The Bertz CT molecular complexity index is 827. The Morgan fingerprint density at radius 3 is 2.59 bits per heavy atom. The highest BCUT2D eigenvalue weighted by Gasteiger charge is 2.17. The highest BCUT2D eigenvalue weighted by atomic mass is 35.5. The summed E-state index contributed by atoms with van der Waals surface area (Å²) in [6, 6.07) is 9.48. The molecule has 2 heterocycles. The zero-order chi connectivity index (χ0) is 16.3. The number of fused-ring (bicyclic) bond motifs is 1. The van der Waals surface area contributed by atoms with Crippen molar-refractivity contribution in [3.05, 3.63) is 59.1 Å². The van der Waals surface area contributed by atoms with Crippen molar-refractivity contribution in [2.45, 2.75) is 20.8 Å². The maximum atomic E-state index is 13.4. The van der Waals surface area contributed by atoms with E-state index in [-0.39, 0.29) is 11.6 Å². The molecule has 1 aromatic carbocycles. The van der Waals surface area contributed by atoms with Gasteiger partial charge in [0, 0.05) is 18.7 Å². The van der Waals surface area contributed by atoms with E-state index < -0.39 is 0 Å². The number of benzene rings is 1. The van der Waals surface area contributed by atoms with Crippen LogP contribution in [0.1, 0.15) is 31.3 Å². The summed E-state index contributed by atoms with van der Waals surface area (Å²) in [6.45, 7) is 5.44. The molecular formula is C17H16ClFN2O. The first-order chi connectivity index (χ1) is 10.6. The Balaban J connectivity index is 0.000000847. The fourth-order valence-electron chi connectivity index (χ4n) is 2.18. The number of carbonyl (C=O) groups excluding carboxylic acids is 1. The molecule has 5 heteroatoms. The van der Waals surface area contributed by atoms with Gasteiger partial charge in [-0.15, -0.1) is 0 Å². The molecule has 0 aliphatic heterocycles. The third kappa shape index (κ3) is 3.02. The molecule has 0 bridgehead atoms. The highest BCUT2D eigenvalue weighted by Crippen LogP contribution is 2.27. The molecule has 114 valence electrons. The Labute approximate surface area is 133 Å². The van der Waals surface area contributed by atoms with Crippen molar-refractivity contribution >= 4 is 23.0 Å². The molecule has 0 atom stereocenters. The summed E-state index contributed by atoms with van der Waals surface area (Å²) >= 11 is 5.99. The first-order valence-corrected chi connectivity index (χ1v) is 7.38. The minimum atomic E-state index is -0.367. The summed E-state index contributed by atoms with van der Waals surface area (Å²) in [4.78, 5) is 16.1. The van der Waals surface area contributed by atoms with Crippen LogP contribution in [0.25, 0.3) is 16.9 Å². The number of pyridine rings is 1. The molecule has 0 fully saturated rings. The van der Waals surface area contributed by atoms with Gasteiger partial charge in [0.1, 0.15) is 17.2 Å². The molecule has 22 heavy (non-hydrogen) atoms. The third-order valence-corrected chi connectivity index (χ3v) is 3.24. The van der Waals surface area contributed by atoms with Gasteiger partial charge in [-0.25, -0.2) is 9.37 Å². The van der Waals surface area contributed by atoms with Crippen molar-refractivity contribution < 1.29 is 9.18 Å². The second-order valence-electron chi connectivity index (χ2n) is 4.45. The Hall–Kier alpha value is -2.20. The number of carbonyl (C=O) groups is 1. The lowest BCUT2D eigenvalue weighted by molar-refractivity contribution is 0.101. The Morgan fingerprint density at radius 2 is 1.95 bits per heavy atom. The lowest BCUT2D eigenvalue weighted by Gasteiger charge is -2.04. The second-order valence-corrected chi connectivity index (χ2v) is 4.89. The molecule has 3 aromatic rings. The number of Topliss-reactive ketones (excluding diaryl/α,β-unsaturated/α-hetero) is 1. The van der Waals surface area contributed by atoms with Gasteiger partial charge in [-0.3, -0.25) is 9.20 Å². The number of hydrogen-bond donors (Lipinski definition) is 0. The zero-order valence-corrected chi connectivity index (χ0v) is 13.4. The van der Waals surface area contributed by atoms with E-state index in [0.717, 1.165) is 0 Å². The fraction of sp³-hybridized carbons (Fsp3) is 0.176. The molecule has 0 unspecified atom stereocenters. The molecule has 0 N–H and O–H groups in total. The molecule has 3 rings (SSSR count). The van der Waals surface area contributed by atoms with Crippen LogP contribution in [0, 0.1) is 5.82 Å². The van der Waals surface area contributed by atoms with E-state index in [2.05, 4.69) is 4.98 Å². The molecule has 2 aromatic heterocycles. The summed E-state index contributed by atoms with van der Waals surface area (Å²) in [6.07, 6.45) is 1.66. The standard InChI is InChI=1S/C15H10ClFN2O.C2H6/c1-9(20)14-15(10-3-2-4-12(17)7-10)19-8-11(16)5-6-13(19)18-14;1-2/h2-8H,1H3;1-2H3. The molecule has 0 aliphatic rings. The van der Waals surface area contributed by atoms with E-state index in [1.54, 1.807) is 34.9 Å². The number of rotatable bonds is 2. The highest BCUT2D eigenvalue weighted by molar-refractivity contribution is 6.30. The average molecular weight is 319 g/mol. The van der Waals surface area contributed by atoms with E-state index in [0.29, 0.717) is 27.6 Å². The quantitative estimate of drug-likeness (QED) is 0.621. The predicted octanol–water partition coefficient (Wildman–Crippen LogP) is 5.02. The van der Waals surface area contributed by atoms with Crippen molar-refractivity contribution in [1.82, 2.24) is 9.38 Å². The molecule has 0 saturated carbocycles. The largest absolute Gasteiger partial charge is 0.297 e. The van der Waals surface area contributed by atoms with Crippen LogP contribution >= 0.6 is 11.6 Å². The average Bonchev–Trinajstić information content (AvgIpc) is 2.88. The van der Waals surface area contributed by atoms with Crippen molar-refractivity contribution in [1.29, 1.82) is 0 Å². The van der Waals surface area contributed by atoms with Crippen molar-refractivity contribution in [2.75, 3.05) is 0 Å². The van der Waals surface area contributed by atoms with E-state index in [4.69, 9.17) is 11.6 Å². The summed E-state index contributed by atoms with van der Waals surface area (Å²) < 4.78 is 15.1. The molecular weight excluding hydrogens is 303 g/mol. The van der Waals surface area contributed by atoms with Crippen LogP contribution in [-0.4, -0.2) is 15.2 Å². The lowest BCUT2D eigenvalue weighted by atomic mass is 10.1. The maximum absolute atomic E-state index is 13.4. The molecule has 0 saturated heterocycles. The molecule has 0 amide bonds. The number of hydrogen-bond acceptors (Lipinski definition) is 2. The molecule has 3 nitrogen and oxygen atoms in total. The second kappa shape index (κ2) is 6.71. The Morgan fingerprint density at radius 1 is 1.23 bits per heavy atom. The summed E-state index contributed by atoms with van der Waals surface area (Å²) in [5.41, 5.74) is 2.04. The molecule has 0 radical (unpaired) electrons.